The van der Waals surface area contributed by atoms with Gasteiger partial charge >= 0.3 is 0 Å². The van der Waals surface area contributed by atoms with Crippen LogP contribution in [0.4, 0.5) is 0 Å². The molecule has 2 amide bonds. The molecule has 1 heterocycles. The van der Waals surface area contributed by atoms with Crippen molar-refractivity contribution >= 4 is 35.3 Å². The lowest BCUT2D eigenvalue weighted by molar-refractivity contribution is -0.126. The van der Waals surface area contributed by atoms with Crippen molar-refractivity contribution in [3.05, 3.63) is 0 Å². The molecule has 0 aliphatic carbocycles. The Kier molecular flexibility index (Phi) is 10.1. The van der Waals surface area contributed by atoms with E-state index >= 15 is 0 Å². The van der Waals surface area contributed by atoms with Crippen molar-refractivity contribution in [2.24, 2.45) is 5.73 Å². The number of thioether (sulfide) groups is 2. The predicted molar refractivity (Wildman–Crippen MR) is 88.3 cm³/mol. The summed E-state index contributed by atoms with van der Waals surface area (Å²) in [5, 5.41) is 11.6. The van der Waals surface area contributed by atoms with E-state index in [2.05, 4.69) is 5.32 Å². The topological polar surface area (TPSA) is 102 Å². The molecule has 0 aromatic heterocycles. The smallest absolute Gasteiger partial charge is 0.251 e. The van der Waals surface area contributed by atoms with E-state index in [9.17, 15) is 9.59 Å². The Hall–Kier alpha value is -0.440. The zero-order valence-corrected chi connectivity index (χ0v) is 14.7. The van der Waals surface area contributed by atoms with Crippen molar-refractivity contribution in [2.75, 3.05) is 24.0 Å². The fourth-order valence-electron chi connectivity index (χ4n) is 1.60. The Morgan fingerprint density at radius 2 is 2.00 bits per heavy atom. The number of rotatable bonds is 7. The highest BCUT2D eigenvalue weighted by Crippen LogP contribution is 2.19. The summed E-state index contributed by atoms with van der Waals surface area (Å²) in [5.74, 6) is 1.12. The second kappa shape index (κ2) is 10.3. The molecule has 1 aliphatic heterocycles. The number of ether oxygens (including phenoxy) is 1. The van der Waals surface area contributed by atoms with Gasteiger partial charge in [0.1, 0.15) is 17.9 Å². The van der Waals surface area contributed by atoms with Gasteiger partial charge in [0.15, 0.2) is 0 Å². The lowest BCUT2D eigenvalue weighted by Gasteiger charge is -2.16. The number of carbonyl (C=O) groups excluding carboxylic acids is 2. The molecule has 1 aliphatic rings. The molecule has 8 heteroatoms. The van der Waals surface area contributed by atoms with Crippen LogP contribution >= 0.6 is 23.5 Å². The maximum Gasteiger partial charge on any atom is 0.251 e. The quantitative estimate of drug-likeness (QED) is 0.627. The van der Waals surface area contributed by atoms with Crippen LogP contribution in [0.2, 0.25) is 0 Å². The molecule has 21 heavy (non-hydrogen) atoms. The van der Waals surface area contributed by atoms with Crippen LogP contribution in [0.5, 0.6) is 0 Å². The van der Waals surface area contributed by atoms with Crippen LogP contribution < -0.4 is 11.1 Å². The monoisotopic (exact) mass is 338 g/mol. The van der Waals surface area contributed by atoms with Gasteiger partial charge < -0.3 is 20.9 Å². The van der Waals surface area contributed by atoms with Crippen molar-refractivity contribution in [1.82, 2.24) is 5.32 Å². The predicted octanol–water partition coefficient (Wildman–Crippen LogP) is 0.576. The van der Waals surface area contributed by atoms with Crippen LogP contribution in [0.25, 0.3) is 0 Å². The van der Waals surface area contributed by atoms with Gasteiger partial charge in [-0.3, -0.25) is 9.59 Å². The fraction of sp³-hybridized carbons (Fsp3) is 0.846. The highest BCUT2D eigenvalue weighted by molar-refractivity contribution is 7.98. The third-order valence-electron chi connectivity index (χ3n) is 2.66. The van der Waals surface area contributed by atoms with Gasteiger partial charge in [-0.15, -0.1) is 0 Å². The summed E-state index contributed by atoms with van der Waals surface area (Å²) in [5.41, 5.74) is 4.31. The minimum Gasteiger partial charge on any atom is -0.383 e. The summed E-state index contributed by atoms with van der Waals surface area (Å²) in [6.45, 7) is 3.73. The molecule has 1 rings (SSSR count). The summed E-state index contributed by atoms with van der Waals surface area (Å²) in [6.07, 6.45) is 3.99. The number of nitrogens with two attached hydrogens (primary N) is 1. The van der Waals surface area contributed by atoms with Gasteiger partial charge in [0.2, 0.25) is 5.91 Å². The van der Waals surface area contributed by atoms with E-state index < -0.39 is 17.7 Å². The second-order valence-electron chi connectivity index (χ2n) is 5.09. The summed E-state index contributed by atoms with van der Waals surface area (Å²) >= 11 is 3.31. The van der Waals surface area contributed by atoms with E-state index in [1.807, 2.05) is 26.4 Å². The summed E-state index contributed by atoms with van der Waals surface area (Å²) in [6, 6.07) is 0. The highest BCUT2D eigenvalue weighted by atomic mass is 32.2. The zero-order valence-electron chi connectivity index (χ0n) is 13.0. The standard InChI is InChI=1S/C8H15NO2S.C5H11NO2S/c1-8(2)9-7(10)6(11-8)4-5-12-3;1-9-3-2-4(7)5(6)8/h6H,4-5H2,1-3H3,(H,9,10);4,7H,2-3H2,1H3,(H2,6,8). The molecule has 0 saturated carbocycles. The Labute approximate surface area is 134 Å². The Morgan fingerprint density at radius 1 is 1.43 bits per heavy atom. The van der Waals surface area contributed by atoms with Crippen molar-refractivity contribution in [1.29, 1.82) is 0 Å². The molecular weight excluding hydrogens is 312 g/mol. The third-order valence-corrected chi connectivity index (χ3v) is 3.95. The average molecular weight is 338 g/mol. The Morgan fingerprint density at radius 3 is 2.38 bits per heavy atom. The third kappa shape index (κ3) is 9.23. The van der Waals surface area contributed by atoms with Crippen LogP contribution in [0, 0.1) is 0 Å². The molecule has 0 aromatic rings. The van der Waals surface area contributed by atoms with E-state index in [4.69, 9.17) is 15.6 Å². The maximum absolute atomic E-state index is 11.3. The van der Waals surface area contributed by atoms with Crippen molar-refractivity contribution in [2.45, 2.75) is 44.6 Å². The van der Waals surface area contributed by atoms with Crippen molar-refractivity contribution < 1.29 is 19.4 Å². The fourth-order valence-corrected chi connectivity index (χ4v) is 2.51. The van der Waals surface area contributed by atoms with Gasteiger partial charge in [-0.2, -0.15) is 23.5 Å². The van der Waals surface area contributed by atoms with Gasteiger partial charge in [-0.05, 0) is 50.7 Å². The number of hydrogen-bond acceptors (Lipinski definition) is 6. The van der Waals surface area contributed by atoms with Gasteiger partial charge in [-0.25, -0.2) is 0 Å². The molecule has 1 saturated heterocycles. The van der Waals surface area contributed by atoms with Gasteiger partial charge in [0, 0.05) is 0 Å². The van der Waals surface area contributed by atoms with Crippen LogP contribution in [0.3, 0.4) is 0 Å². The van der Waals surface area contributed by atoms with Crippen LogP contribution in [0.15, 0.2) is 0 Å². The first-order valence-electron chi connectivity index (χ1n) is 6.68. The van der Waals surface area contributed by atoms with E-state index in [1.165, 1.54) is 0 Å². The SMILES string of the molecule is CSCCC(O)C(N)=O.CSCCC1OC(C)(C)NC1=O. The second-order valence-corrected chi connectivity index (χ2v) is 7.06. The molecule has 124 valence electrons. The van der Waals surface area contributed by atoms with Gasteiger partial charge in [0.25, 0.3) is 5.91 Å². The molecule has 1 fully saturated rings. The molecule has 0 aromatic carbocycles. The molecule has 2 unspecified atom stereocenters. The number of aliphatic hydroxyl groups is 1. The van der Waals surface area contributed by atoms with E-state index in [0.717, 1.165) is 17.9 Å². The molecule has 4 N–H and O–H groups in total. The van der Waals surface area contributed by atoms with E-state index in [-0.39, 0.29) is 12.0 Å². The number of primary amides is 1. The first-order chi connectivity index (χ1) is 9.73. The molecule has 6 nitrogen and oxygen atoms in total. The van der Waals surface area contributed by atoms with Crippen LogP contribution in [-0.4, -0.2) is 58.9 Å². The lowest BCUT2D eigenvalue weighted by atomic mass is 10.3. The van der Waals surface area contributed by atoms with Crippen molar-refractivity contribution in [3.8, 4) is 0 Å². The normalized spacial score (nSPS) is 21.2. The molecular formula is C13H26N2O4S2. The number of carbonyl (C=O) groups is 2. The first kappa shape index (κ1) is 20.6. The summed E-state index contributed by atoms with van der Waals surface area (Å²) in [4.78, 5) is 21.4. The minimum absolute atomic E-state index is 0.0223. The number of nitrogens with one attached hydrogen (secondary N) is 1. The summed E-state index contributed by atoms with van der Waals surface area (Å²) < 4.78 is 5.49. The first-order valence-corrected chi connectivity index (χ1v) is 9.47. The van der Waals surface area contributed by atoms with Gasteiger partial charge in [0.05, 0.1) is 0 Å². The number of amides is 2. The average Bonchev–Trinajstić information content (AvgIpc) is 2.66. The Balaban J connectivity index is 0.000000400. The van der Waals surface area contributed by atoms with Crippen LogP contribution in [-0.2, 0) is 14.3 Å². The molecule has 0 radical (unpaired) electrons. The van der Waals surface area contributed by atoms with Gasteiger partial charge in [-0.1, -0.05) is 0 Å². The Bertz CT molecular complexity index is 340. The summed E-state index contributed by atoms with van der Waals surface area (Å²) in [7, 11) is 0. The zero-order chi connectivity index (χ0) is 16.5. The largest absolute Gasteiger partial charge is 0.383 e. The number of hydrogen-bond donors (Lipinski definition) is 3. The van der Waals surface area contributed by atoms with E-state index in [0.29, 0.717) is 6.42 Å². The van der Waals surface area contributed by atoms with Crippen LogP contribution in [0.1, 0.15) is 26.7 Å². The van der Waals surface area contributed by atoms with Crippen molar-refractivity contribution in [3.63, 3.8) is 0 Å². The molecule has 0 spiro atoms. The maximum atomic E-state index is 11.3. The minimum atomic E-state index is -0.961. The number of aliphatic hydroxyl groups excluding tert-OH is 1. The molecule has 0 bridgehead atoms. The van der Waals surface area contributed by atoms with E-state index in [1.54, 1.807) is 23.5 Å². The highest BCUT2D eigenvalue weighted by Gasteiger charge is 2.37. The lowest BCUT2D eigenvalue weighted by Crippen LogP contribution is -2.35. The molecule has 2 atom stereocenters.